The second kappa shape index (κ2) is 21.0. The van der Waals surface area contributed by atoms with Crippen LogP contribution >= 0.6 is 0 Å². The molecule has 2 aromatic carbocycles. The fourth-order valence-electron chi connectivity index (χ4n) is 7.32. The van der Waals surface area contributed by atoms with E-state index in [1.54, 1.807) is 0 Å². The van der Waals surface area contributed by atoms with Crippen LogP contribution in [0, 0.1) is 20.8 Å². The Morgan fingerprint density at radius 3 is 1.74 bits per heavy atom. The van der Waals surface area contributed by atoms with E-state index in [9.17, 15) is 19.5 Å². The molecule has 0 bridgehead atoms. The number of carbonyl (C=O) groups is 3. The summed E-state index contributed by atoms with van der Waals surface area (Å²) in [6.45, 7) is 27.9. The number of carbonyl (C=O) groups excluding carboxylic acids is 3. The van der Waals surface area contributed by atoms with Gasteiger partial charge in [-0.1, -0.05) is 75.2 Å². The molecule has 2 saturated heterocycles. The molecule has 0 aliphatic carbocycles. The van der Waals surface area contributed by atoms with Crippen LogP contribution in [0.1, 0.15) is 102 Å². The van der Waals surface area contributed by atoms with E-state index in [1.165, 1.54) is 0 Å². The molecule has 2 aliphatic heterocycles. The van der Waals surface area contributed by atoms with Gasteiger partial charge in [-0.3, -0.25) is 0 Å². The Balaban J connectivity index is 0.000000306. The molecular weight excluding hydrogens is 757 g/mol. The van der Waals surface area contributed by atoms with Gasteiger partial charge in [-0.05, 0) is 121 Å². The van der Waals surface area contributed by atoms with Crippen molar-refractivity contribution in [3.8, 4) is 0 Å². The van der Waals surface area contributed by atoms with Crippen LogP contribution in [0.15, 0.2) is 30.3 Å². The topological polar surface area (TPSA) is 127 Å². The summed E-state index contributed by atoms with van der Waals surface area (Å²) >= 11 is 0. The first-order chi connectivity index (χ1) is 26.4. The van der Waals surface area contributed by atoms with Gasteiger partial charge in [0.2, 0.25) is 0 Å². The number of esters is 2. The molecule has 4 rings (SSSR count). The Bertz CT molecular complexity index is 1640. The van der Waals surface area contributed by atoms with E-state index in [1.807, 2.05) is 72.7 Å². The molecular formula is C45H72O10Si2. The number of hydrogen-bond acceptors (Lipinski definition) is 10. The fourth-order valence-corrected chi connectivity index (χ4v) is 8.74. The highest BCUT2D eigenvalue weighted by Gasteiger charge is 2.41. The van der Waals surface area contributed by atoms with Gasteiger partial charge in [0.1, 0.15) is 12.2 Å². The van der Waals surface area contributed by atoms with Gasteiger partial charge in [0.15, 0.2) is 17.9 Å². The second-order valence-corrected chi connectivity index (χ2v) is 30.3. The summed E-state index contributed by atoms with van der Waals surface area (Å²) in [6.07, 6.45) is 4.22. The van der Waals surface area contributed by atoms with E-state index in [0.29, 0.717) is 30.8 Å². The van der Waals surface area contributed by atoms with Crippen molar-refractivity contribution in [1.29, 1.82) is 0 Å². The fraction of sp³-hybridized carbons (Fsp3) is 0.667. The van der Waals surface area contributed by atoms with Crippen molar-refractivity contribution < 1.29 is 47.9 Å². The Hall–Kier alpha value is -2.72. The number of aryl methyl sites for hydroxylation is 5. The molecule has 2 fully saturated rings. The lowest BCUT2D eigenvalue weighted by Gasteiger charge is -2.18. The number of rotatable bonds is 18. The lowest BCUT2D eigenvalue weighted by Crippen LogP contribution is -2.26. The zero-order chi connectivity index (χ0) is 42.8. The summed E-state index contributed by atoms with van der Waals surface area (Å²) in [4.78, 5) is 36.8. The first-order valence-corrected chi connectivity index (χ1v) is 28.2. The molecule has 0 amide bonds. The lowest BCUT2D eigenvalue weighted by molar-refractivity contribution is -0.150. The minimum atomic E-state index is -1.25. The minimum Gasteiger partial charge on any atom is -0.462 e. The molecule has 2 aliphatic rings. The molecule has 10 nitrogen and oxygen atoms in total. The molecule has 0 spiro atoms. The van der Waals surface area contributed by atoms with Crippen LogP contribution in [0.5, 0.6) is 0 Å². The van der Waals surface area contributed by atoms with Crippen LogP contribution in [-0.4, -0.2) is 95.3 Å². The molecule has 320 valence electrons. The Kier molecular flexibility index (Phi) is 17.9. The van der Waals surface area contributed by atoms with Crippen molar-refractivity contribution in [2.45, 2.75) is 174 Å². The maximum atomic E-state index is 12.8. The molecule has 0 aromatic heterocycles. The average Bonchev–Trinajstić information content (AvgIpc) is 3.55. The number of benzene rings is 2. The van der Waals surface area contributed by atoms with Crippen LogP contribution in [0.4, 0.5) is 0 Å². The van der Waals surface area contributed by atoms with Gasteiger partial charge in [0.05, 0.1) is 43.2 Å². The standard InChI is InChI=1S/C23H36O5Si.C22H36O5Si/c1-16-13-17(2)21(22(25)26-11-12-29(5,6)7)18(14-16)9-8-10-19-20(15-24)28-23(3,4)27-19;1-16-9-7-10-17(20(16)21(24)25-13-14-28(4,5)6)11-8-12-18-19(15-23)27-22(2,3)26-18/h13-15,19-20H,8-12H2,1-7H3;7,9-10,18-19,23H,8,11-15H2,1-6H3/t19-,20?;18-,19?/m00/s1. The van der Waals surface area contributed by atoms with Crippen molar-refractivity contribution in [3.63, 3.8) is 0 Å². The van der Waals surface area contributed by atoms with Crippen molar-refractivity contribution in [3.05, 3.63) is 69.3 Å². The van der Waals surface area contributed by atoms with Crippen molar-refractivity contribution in [2.75, 3.05) is 19.8 Å². The first-order valence-electron chi connectivity index (χ1n) is 20.7. The number of aldehydes is 1. The van der Waals surface area contributed by atoms with Gasteiger partial charge in [-0.25, -0.2) is 9.59 Å². The highest BCUT2D eigenvalue weighted by Crippen LogP contribution is 2.32. The number of aliphatic hydroxyl groups is 1. The van der Waals surface area contributed by atoms with Gasteiger partial charge >= 0.3 is 11.9 Å². The molecule has 0 radical (unpaired) electrons. The van der Waals surface area contributed by atoms with Gasteiger partial charge in [0, 0.05) is 16.1 Å². The number of ether oxygens (including phenoxy) is 6. The van der Waals surface area contributed by atoms with Crippen molar-refractivity contribution in [1.82, 2.24) is 0 Å². The van der Waals surface area contributed by atoms with E-state index in [4.69, 9.17) is 28.4 Å². The maximum absolute atomic E-state index is 12.8. The Labute approximate surface area is 344 Å². The summed E-state index contributed by atoms with van der Waals surface area (Å²) in [5.74, 6) is -1.85. The molecule has 2 heterocycles. The predicted octanol–water partition coefficient (Wildman–Crippen LogP) is 9.17. The molecule has 2 unspecified atom stereocenters. The van der Waals surface area contributed by atoms with Crippen LogP contribution in [0.3, 0.4) is 0 Å². The van der Waals surface area contributed by atoms with E-state index in [2.05, 4.69) is 45.3 Å². The lowest BCUT2D eigenvalue weighted by atomic mass is 9.94. The third-order valence-electron chi connectivity index (χ3n) is 10.2. The summed E-state index contributed by atoms with van der Waals surface area (Å²) in [7, 11) is -2.48. The largest absolute Gasteiger partial charge is 0.462 e. The maximum Gasteiger partial charge on any atom is 0.338 e. The van der Waals surface area contributed by atoms with E-state index in [0.717, 1.165) is 78.3 Å². The van der Waals surface area contributed by atoms with Crippen LogP contribution in [-0.2, 0) is 46.1 Å². The van der Waals surface area contributed by atoms with Crippen molar-refractivity contribution >= 4 is 34.4 Å². The summed E-state index contributed by atoms with van der Waals surface area (Å²) in [6, 6.07) is 12.0. The van der Waals surface area contributed by atoms with E-state index >= 15 is 0 Å². The van der Waals surface area contributed by atoms with E-state index < -0.39 is 33.8 Å². The highest BCUT2D eigenvalue weighted by atomic mass is 28.3. The third-order valence-corrected chi connectivity index (χ3v) is 13.6. The first kappa shape index (κ1) is 48.7. The molecule has 0 saturated carbocycles. The zero-order valence-electron chi connectivity index (χ0n) is 37.2. The van der Waals surface area contributed by atoms with Crippen molar-refractivity contribution in [2.24, 2.45) is 0 Å². The summed E-state index contributed by atoms with van der Waals surface area (Å²) < 4.78 is 34.3. The third kappa shape index (κ3) is 16.1. The smallest absolute Gasteiger partial charge is 0.338 e. The Morgan fingerprint density at radius 1 is 0.702 bits per heavy atom. The van der Waals surface area contributed by atoms with Gasteiger partial charge in [0.25, 0.3) is 0 Å². The number of aliphatic hydroxyl groups excluding tert-OH is 1. The SMILES string of the molecule is Cc1cc(C)c(C(=O)OCC[Si](C)(C)C)c(CCC[C@@H]2OC(C)(C)OC2C=O)c1.Cc1cccc(CCC[C@@H]2OC(C)(C)OC2CO)c1C(=O)OCC[Si](C)(C)C. The molecule has 1 N–H and O–H groups in total. The van der Waals surface area contributed by atoms with Gasteiger partial charge in [-0.2, -0.15) is 0 Å². The highest BCUT2D eigenvalue weighted by molar-refractivity contribution is 6.76. The molecule has 12 heteroatoms. The zero-order valence-corrected chi connectivity index (χ0v) is 39.2. The average molecular weight is 829 g/mol. The van der Waals surface area contributed by atoms with Crippen LogP contribution in [0.25, 0.3) is 0 Å². The molecule has 2 aromatic rings. The van der Waals surface area contributed by atoms with Crippen LogP contribution in [0.2, 0.25) is 51.4 Å². The van der Waals surface area contributed by atoms with Gasteiger partial charge < -0.3 is 38.3 Å². The van der Waals surface area contributed by atoms with E-state index in [-0.39, 0.29) is 36.9 Å². The van der Waals surface area contributed by atoms with Crippen LogP contribution < -0.4 is 0 Å². The molecule has 57 heavy (non-hydrogen) atoms. The number of hydrogen-bond donors (Lipinski definition) is 1. The monoisotopic (exact) mass is 828 g/mol. The Morgan fingerprint density at radius 2 is 1.19 bits per heavy atom. The summed E-state index contributed by atoms with van der Waals surface area (Å²) in [5, 5.41) is 9.51. The molecule has 4 atom stereocenters. The summed E-state index contributed by atoms with van der Waals surface area (Å²) in [5.41, 5.74) is 6.42. The van der Waals surface area contributed by atoms with Gasteiger partial charge in [-0.15, -0.1) is 0 Å². The quantitative estimate of drug-likeness (QED) is 0.0883. The minimum absolute atomic E-state index is 0.0484. The normalized spacial score (nSPS) is 21.4. The predicted molar refractivity (Wildman–Crippen MR) is 231 cm³/mol. The second-order valence-electron chi connectivity index (χ2n) is 19.1.